The SMILES string of the molecule is CC(C(=O)C(C)N1CCN(c2nc(-c3ccnc(NC4CCCCC4)c3)cc3cnccc23)CC1)N1CCN(c2nc(-c3ccnc(NC4CCCCC4)c3)cc3cnccc23)CC1. The Labute approximate surface area is 377 Å². The molecule has 0 radical (unpaired) electrons. The fourth-order valence-corrected chi connectivity index (χ4v) is 10.5. The van der Waals surface area contributed by atoms with Gasteiger partial charge < -0.3 is 20.4 Å². The maximum atomic E-state index is 14.2. The molecule has 6 aromatic rings. The third-order valence-electron chi connectivity index (χ3n) is 14.4. The second kappa shape index (κ2) is 19.1. The molecule has 2 atom stereocenters. The van der Waals surface area contributed by atoms with Crippen LogP contribution in [0.2, 0.25) is 0 Å². The maximum absolute atomic E-state index is 14.2. The molecule has 332 valence electrons. The number of nitrogens with one attached hydrogen (secondary N) is 2. The lowest BCUT2D eigenvalue weighted by Gasteiger charge is -2.42. The average Bonchev–Trinajstić information content (AvgIpc) is 3.36. The van der Waals surface area contributed by atoms with Crippen molar-refractivity contribution in [3.63, 3.8) is 0 Å². The molecule has 2 saturated carbocycles. The van der Waals surface area contributed by atoms with Gasteiger partial charge in [-0.15, -0.1) is 0 Å². The van der Waals surface area contributed by atoms with Crippen LogP contribution in [-0.2, 0) is 4.79 Å². The summed E-state index contributed by atoms with van der Waals surface area (Å²) in [5.41, 5.74) is 3.93. The summed E-state index contributed by atoms with van der Waals surface area (Å²) < 4.78 is 0. The van der Waals surface area contributed by atoms with Crippen molar-refractivity contribution in [3.05, 3.63) is 85.7 Å². The number of ketones is 1. The van der Waals surface area contributed by atoms with Crippen LogP contribution >= 0.6 is 0 Å². The van der Waals surface area contributed by atoms with E-state index in [1.165, 1.54) is 64.2 Å². The van der Waals surface area contributed by atoms with Gasteiger partial charge in [-0.05, 0) is 88.1 Å². The summed E-state index contributed by atoms with van der Waals surface area (Å²) in [5, 5.41) is 11.7. The second-order valence-electron chi connectivity index (χ2n) is 18.5. The summed E-state index contributed by atoms with van der Waals surface area (Å²) in [6.45, 7) is 10.5. The minimum atomic E-state index is -0.185. The molecule has 64 heavy (non-hydrogen) atoms. The van der Waals surface area contributed by atoms with Gasteiger partial charge in [0.25, 0.3) is 0 Å². The summed E-state index contributed by atoms with van der Waals surface area (Å²) >= 11 is 0. The Kier molecular flexibility index (Phi) is 12.6. The number of fused-ring (bicyclic) bond motifs is 2. The molecule has 6 aromatic heterocycles. The first-order chi connectivity index (χ1) is 31.4. The fraction of sp³-hybridized carbons (Fsp3) is 0.471. The van der Waals surface area contributed by atoms with Crippen LogP contribution < -0.4 is 20.4 Å². The highest BCUT2D eigenvalue weighted by molar-refractivity contribution is 5.96. The molecule has 2 aliphatic carbocycles. The Morgan fingerprint density at radius 1 is 0.547 bits per heavy atom. The Morgan fingerprint density at radius 3 is 1.39 bits per heavy atom. The zero-order chi connectivity index (χ0) is 43.4. The van der Waals surface area contributed by atoms with Gasteiger partial charge in [0.2, 0.25) is 0 Å². The molecule has 0 spiro atoms. The van der Waals surface area contributed by atoms with Crippen molar-refractivity contribution >= 4 is 50.6 Å². The van der Waals surface area contributed by atoms with Crippen molar-refractivity contribution in [1.29, 1.82) is 0 Å². The van der Waals surface area contributed by atoms with E-state index >= 15 is 0 Å². The third-order valence-corrected chi connectivity index (χ3v) is 14.4. The van der Waals surface area contributed by atoms with Crippen LogP contribution in [0.3, 0.4) is 0 Å². The molecule has 0 aromatic carbocycles. The molecule has 0 amide bonds. The number of carbonyl (C=O) groups is 1. The van der Waals surface area contributed by atoms with Crippen LogP contribution in [0.15, 0.2) is 85.7 Å². The van der Waals surface area contributed by atoms with Gasteiger partial charge in [0.15, 0.2) is 5.78 Å². The standard InChI is InChI=1S/C51H62N12O/c1-35(60-21-25-62(26-22-60)50-43-15-17-52-33-39(43)29-45(58-50)37-13-19-54-47(31-37)56-41-9-5-3-6-10-41)49(64)36(2)61-23-27-63(28-24-61)51-44-16-18-53-34-40(44)30-46(59-51)38-14-20-55-48(32-38)57-42-11-7-4-8-12-42/h13-20,29-36,41-42H,3-12,21-28H2,1-2H3,(H,54,56)(H,55,57). The van der Waals surface area contributed by atoms with E-state index in [4.69, 9.17) is 9.97 Å². The zero-order valence-electron chi connectivity index (χ0n) is 37.5. The monoisotopic (exact) mass is 859 g/mol. The number of hydrogen-bond acceptors (Lipinski definition) is 13. The summed E-state index contributed by atoms with van der Waals surface area (Å²) in [7, 11) is 0. The lowest BCUT2D eigenvalue weighted by molar-refractivity contribution is -0.128. The Morgan fingerprint density at radius 2 is 0.969 bits per heavy atom. The van der Waals surface area contributed by atoms with Crippen molar-refractivity contribution in [2.24, 2.45) is 0 Å². The zero-order valence-corrected chi connectivity index (χ0v) is 37.5. The van der Waals surface area contributed by atoms with E-state index in [0.717, 1.165) is 120 Å². The molecule has 4 aliphatic rings. The number of piperazine rings is 2. The number of Topliss-reactive ketones (excluding diaryl/α,β-unsaturated/α-hetero) is 1. The summed E-state index contributed by atoms with van der Waals surface area (Å²) in [5.74, 6) is 4.04. The van der Waals surface area contributed by atoms with Crippen LogP contribution in [0.4, 0.5) is 23.3 Å². The van der Waals surface area contributed by atoms with Gasteiger partial charge in [-0.1, -0.05) is 38.5 Å². The Balaban J connectivity index is 0.780. The average molecular weight is 859 g/mol. The number of pyridine rings is 6. The number of hydrogen-bond donors (Lipinski definition) is 2. The Hall–Kier alpha value is -5.79. The summed E-state index contributed by atoms with van der Waals surface area (Å²) in [6, 6.07) is 17.4. The van der Waals surface area contributed by atoms with E-state index in [1.807, 2.05) is 37.2 Å². The van der Waals surface area contributed by atoms with Crippen LogP contribution in [-0.4, -0.2) is 122 Å². The van der Waals surface area contributed by atoms with E-state index in [9.17, 15) is 4.79 Å². The highest BCUT2D eigenvalue weighted by atomic mass is 16.1. The van der Waals surface area contributed by atoms with E-state index < -0.39 is 0 Å². The molecule has 2 unspecified atom stereocenters. The van der Waals surface area contributed by atoms with Crippen LogP contribution in [0.5, 0.6) is 0 Å². The first-order valence-electron chi connectivity index (χ1n) is 23.9. The van der Waals surface area contributed by atoms with Crippen LogP contribution in [0.1, 0.15) is 78.1 Å². The number of carbonyl (C=O) groups excluding carboxylic acids is 1. The molecule has 2 N–H and O–H groups in total. The normalized spacial score (nSPS) is 19.5. The first kappa shape index (κ1) is 42.2. The molecule has 10 rings (SSSR count). The van der Waals surface area contributed by atoms with Crippen LogP contribution in [0, 0.1) is 0 Å². The smallest absolute Gasteiger partial charge is 0.166 e. The van der Waals surface area contributed by atoms with Crippen molar-refractivity contribution < 1.29 is 4.79 Å². The first-order valence-corrected chi connectivity index (χ1v) is 23.9. The van der Waals surface area contributed by atoms with E-state index in [-0.39, 0.29) is 17.9 Å². The summed E-state index contributed by atoms with van der Waals surface area (Å²) in [6.07, 6.45) is 23.9. The Bertz CT molecular complexity index is 2380. The van der Waals surface area contributed by atoms with Gasteiger partial charge in [-0.25, -0.2) is 19.9 Å². The van der Waals surface area contributed by atoms with Crippen molar-refractivity contribution in [3.8, 4) is 22.5 Å². The van der Waals surface area contributed by atoms with E-state index in [0.29, 0.717) is 12.1 Å². The number of aromatic nitrogens is 6. The predicted molar refractivity (Wildman–Crippen MR) is 258 cm³/mol. The van der Waals surface area contributed by atoms with Crippen LogP contribution in [0.25, 0.3) is 44.1 Å². The van der Waals surface area contributed by atoms with Gasteiger partial charge in [0.05, 0.1) is 23.5 Å². The molecule has 13 nitrogen and oxygen atoms in total. The molecule has 13 heteroatoms. The van der Waals surface area contributed by atoms with E-state index in [1.54, 1.807) is 0 Å². The quantitative estimate of drug-likeness (QED) is 0.122. The fourth-order valence-electron chi connectivity index (χ4n) is 10.5. The predicted octanol–water partition coefficient (Wildman–Crippen LogP) is 8.48. The third kappa shape index (κ3) is 9.23. The minimum Gasteiger partial charge on any atom is -0.367 e. The maximum Gasteiger partial charge on any atom is 0.166 e. The van der Waals surface area contributed by atoms with Crippen molar-refractivity contribution in [1.82, 2.24) is 39.7 Å². The molecule has 2 saturated heterocycles. The number of rotatable bonds is 12. The second-order valence-corrected chi connectivity index (χ2v) is 18.5. The van der Waals surface area contributed by atoms with Crippen molar-refractivity contribution in [2.45, 2.75) is 102 Å². The highest BCUT2D eigenvalue weighted by Crippen LogP contribution is 2.34. The lowest BCUT2D eigenvalue weighted by atomic mass is 9.95. The van der Waals surface area contributed by atoms with Gasteiger partial charge >= 0.3 is 0 Å². The lowest BCUT2D eigenvalue weighted by Crippen LogP contribution is -2.57. The highest BCUT2D eigenvalue weighted by Gasteiger charge is 2.34. The van der Waals surface area contributed by atoms with Crippen molar-refractivity contribution in [2.75, 3.05) is 72.8 Å². The molecule has 8 heterocycles. The summed E-state index contributed by atoms with van der Waals surface area (Å²) in [4.78, 5) is 52.6. The number of anilines is 4. The van der Waals surface area contributed by atoms with Gasteiger partial charge in [0, 0.05) is 134 Å². The van der Waals surface area contributed by atoms with Gasteiger partial charge in [-0.3, -0.25) is 24.6 Å². The molecule has 4 fully saturated rings. The molecule has 0 bridgehead atoms. The van der Waals surface area contributed by atoms with Gasteiger partial charge in [-0.2, -0.15) is 0 Å². The largest absolute Gasteiger partial charge is 0.367 e. The number of nitrogens with zero attached hydrogens (tertiary/aromatic N) is 10. The topological polar surface area (TPSA) is 131 Å². The minimum absolute atomic E-state index is 0.185. The molecular weight excluding hydrogens is 797 g/mol. The van der Waals surface area contributed by atoms with E-state index in [2.05, 4.69) is 113 Å². The molecule has 2 aliphatic heterocycles. The molecular formula is C51H62N12O. The van der Waals surface area contributed by atoms with Gasteiger partial charge in [0.1, 0.15) is 23.3 Å².